The van der Waals surface area contributed by atoms with Crippen LogP contribution in [0.5, 0.6) is 0 Å². The summed E-state index contributed by atoms with van der Waals surface area (Å²) in [4.78, 5) is 14.8. The molecular weight excluding hydrogens is 695 g/mol. The molecule has 0 bridgehead atoms. The third-order valence-corrected chi connectivity index (χ3v) is 10.9. The van der Waals surface area contributed by atoms with E-state index in [4.69, 9.17) is 19.4 Å². The average Bonchev–Trinajstić information content (AvgIpc) is 3.68. The molecule has 0 amide bonds. The molecule has 2 heterocycles. The molecule has 0 saturated carbocycles. The van der Waals surface area contributed by atoms with E-state index in [0.717, 1.165) is 71.7 Å². The van der Waals surface area contributed by atoms with Gasteiger partial charge in [-0.15, -0.1) is 0 Å². The number of benzene rings is 9. The first-order chi connectivity index (χ1) is 28.2. The second kappa shape index (κ2) is 13.6. The Morgan fingerprint density at radius 1 is 0.298 bits per heavy atom. The van der Waals surface area contributed by atoms with Crippen LogP contribution < -0.4 is 0 Å². The lowest BCUT2D eigenvalue weighted by atomic mass is 9.94. The van der Waals surface area contributed by atoms with E-state index in [9.17, 15) is 0 Å². The Bertz CT molecular complexity index is 3200. The van der Waals surface area contributed by atoms with Gasteiger partial charge in [0.2, 0.25) is 0 Å². The molecule has 0 aliphatic heterocycles. The van der Waals surface area contributed by atoms with Crippen LogP contribution in [0.25, 0.3) is 111 Å². The Balaban J connectivity index is 0.984. The lowest BCUT2D eigenvalue weighted by Crippen LogP contribution is -2.00. The first kappa shape index (κ1) is 32.7. The lowest BCUT2D eigenvalue weighted by Gasteiger charge is -2.10. The quantitative estimate of drug-likeness (QED) is 0.171. The molecule has 0 spiro atoms. The summed E-state index contributed by atoms with van der Waals surface area (Å²) in [6.07, 6.45) is 0. The molecule has 11 rings (SSSR count). The molecule has 0 fully saturated rings. The van der Waals surface area contributed by atoms with Gasteiger partial charge in [0.1, 0.15) is 11.2 Å². The van der Waals surface area contributed by atoms with Gasteiger partial charge in [-0.1, -0.05) is 176 Å². The highest BCUT2D eigenvalue weighted by Gasteiger charge is 2.18. The zero-order valence-corrected chi connectivity index (χ0v) is 30.8. The molecule has 0 aliphatic carbocycles. The predicted molar refractivity (Wildman–Crippen MR) is 235 cm³/mol. The number of hydrogen-bond acceptors (Lipinski definition) is 4. The number of furan rings is 1. The van der Waals surface area contributed by atoms with Crippen LogP contribution >= 0.6 is 0 Å². The van der Waals surface area contributed by atoms with Gasteiger partial charge in [-0.3, -0.25) is 0 Å². The summed E-state index contributed by atoms with van der Waals surface area (Å²) in [5, 5.41) is 6.91. The van der Waals surface area contributed by atoms with Crippen molar-refractivity contribution in [3.63, 3.8) is 0 Å². The van der Waals surface area contributed by atoms with Gasteiger partial charge in [0.05, 0.1) is 0 Å². The molecule has 57 heavy (non-hydrogen) atoms. The van der Waals surface area contributed by atoms with Crippen LogP contribution in [0, 0.1) is 0 Å². The van der Waals surface area contributed by atoms with E-state index >= 15 is 0 Å². The number of nitrogens with zero attached hydrogens (tertiary/aromatic N) is 3. The first-order valence-electron chi connectivity index (χ1n) is 19.2. The van der Waals surface area contributed by atoms with Gasteiger partial charge in [-0.2, -0.15) is 0 Å². The minimum absolute atomic E-state index is 0.629. The minimum atomic E-state index is 0.629. The maximum absolute atomic E-state index is 6.80. The van der Waals surface area contributed by atoms with E-state index in [1.54, 1.807) is 0 Å². The summed E-state index contributed by atoms with van der Waals surface area (Å²) in [6, 6.07) is 70.0. The fraction of sp³-hybridized carbons (Fsp3) is 0. The molecule has 0 atom stereocenters. The van der Waals surface area contributed by atoms with Crippen molar-refractivity contribution in [3.05, 3.63) is 200 Å². The monoisotopic (exact) mass is 727 g/mol. The Labute approximate surface area is 329 Å². The van der Waals surface area contributed by atoms with Gasteiger partial charge < -0.3 is 4.42 Å². The summed E-state index contributed by atoms with van der Waals surface area (Å²) in [7, 11) is 0. The molecule has 0 unspecified atom stereocenters. The van der Waals surface area contributed by atoms with Gasteiger partial charge in [-0.05, 0) is 73.8 Å². The molecule has 0 saturated heterocycles. The molecule has 4 heteroatoms. The third-order valence-electron chi connectivity index (χ3n) is 10.9. The van der Waals surface area contributed by atoms with Crippen LogP contribution in [0.2, 0.25) is 0 Å². The van der Waals surface area contributed by atoms with Crippen LogP contribution in [-0.2, 0) is 0 Å². The highest BCUT2D eigenvalue weighted by molar-refractivity contribution is 6.21. The van der Waals surface area contributed by atoms with Crippen LogP contribution in [0.15, 0.2) is 205 Å². The lowest BCUT2D eigenvalue weighted by molar-refractivity contribution is 0.673. The van der Waals surface area contributed by atoms with Gasteiger partial charge in [-0.25, -0.2) is 15.0 Å². The van der Waals surface area contributed by atoms with Crippen LogP contribution in [0.1, 0.15) is 0 Å². The van der Waals surface area contributed by atoms with Crippen molar-refractivity contribution in [2.75, 3.05) is 0 Å². The summed E-state index contributed by atoms with van der Waals surface area (Å²) in [6.45, 7) is 0. The average molecular weight is 728 g/mol. The smallest absolute Gasteiger partial charge is 0.164 e. The highest BCUT2D eigenvalue weighted by atomic mass is 16.3. The zero-order chi connectivity index (χ0) is 37.7. The van der Waals surface area contributed by atoms with E-state index in [2.05, 4.69) is 140 Å². The van der Waals surface area contributed by atoms with Gasteiger partial charge in [0.25, 0.3) is 0 Å². The molecule has 2 aromatic heterocycles. The Morgan fingerprint density at radius 3 is 1.42 bits per heavy atom. The fourth-order valence-corrected chi connectivity index (χ4v) is 7.98. The Kier molecular flexibility index (Phi) is 7.78. The van der Waals surface area contributed by atoms with Crippen LogP contribution in [-0.4, -0.2) is 15.0 Å². The van der Waals surface area contributed by atoms with Gasteiger partial charge in [0.15, 0.2) is 17.5 Å². The second-order valence-corrected chi connectivity index (χ2v) is 14.4. The summed E-state index contributed by atoms with van der Waals surface area (Å²) < 4.78 is 6.80. The Hall–Kier alpha value is -7.69. The number of aromatic nitrogens is 3. The van der Waals surface area contributed by atoms with E-state index in [-0.39, 0.29) is 0 Å². The minimum Gasteiger partial charge on any atom is -0.455 e. The molecule has 0 aliphatic rings. The van der Waals surface area contributed by atoms with Crippen molar-refractivity contribution in [1.82, 2.24) is 15.0 Å². The summed E-state index contributed by atoms with van der Waals surface area (Å²) >= 11 is 0. The van der Waals surface area contributed by atoms with E-state index in [1.807, 2.05) is 60.7 Å². The maximum atomic E-state index is 6.80. The standard InChI is InChI=1S/C53H33N3O/c1-3-12-38(13-4-1)51-54-52(39-14-5-2-6-15-39)56-53(55-51)40-26-24-37(25-27-40)47-32-44-17-9-10-18-45(44)50-49(47)46-30-29-43(33-48(46)57-50)36-21-19-35(20-22-36)42-28-23-34-11-7-8-16-41(34)31-42/h1-33H. The van der Waals surface area contributed by atoms with Crippen molar-refractivity contribution in [2.45, 2.75) is 0 Å². The molecule has 4 nitrogen and oxygen atoms in total. The van der Waals surface area contributed by atoms with E-state index < -0.39 is 0 Å². The Morgan fingerprint density at radius 2 is 0.772 bits per heavy atom. The summed E-state index contributed by atoms with van der Waals surface area (Å²) in [5.41, 5.74) is 11.4. The molecule has 0 N–H and O–H groups in total. The topological polar surface area (TPSA) is 51.8 Å². The summed E-state index contributed by atoms with van der Waals surface area (Å²) in [5.74, 6) is 1.92. The van der Waals surface area contributed by atoms with E-state index in [0.29, 0.717) is 17.5 Å². The van der Waals surface area contributed by atoms with Crippen molar-refractivity contribution in [3.8, 4) is 67.5 Å². The normalized spacial score (nSPS) is 11.5. The largest absolute Gasteiger partial charge is 0.455 e. The first-order valence-corrected chi connectivity index (χ1v) is 19.2. The molecule has 9 aromatic carbocycles. The number of hydrogen-bond donors (Lipinski definition) is 0. The SMILES string of the molecule is c1ccc(-c2nc(-c3ccccc3)nc(-c3ccc(-c4cc5ccccc5c5oc6cc(-c7ccc(-c8ccc9ccccc9c8)cc7)ccc6c45)cc3)n2)cc1. The predicted octanol–water partition coefficient (Wildman–Crippen LogP) is 14.1. The molecule has 11 aromatic rings. The van der Waals surface area contributed by atoms with Crippen molar-refractivity contribution >= 4 is 43.5 Å². The van der Waals surface area contributed by atoms with Gasteiger partial charge >= 0.3 is 0 Å². The number of rotatable bonds is 6. The second-order valence-electron chi connectivity index (χ2n) is 14.4. The zero-order valence-electron chi connectivity index (χ0n) is 30.8. The van der Waals surface area contributed by atoms with Crippen molar-refractivity contribution < 1.29 is 4.42 Å². The number of fused-ring (bicyclic) bond motifs is 6. The van der Waals surface area contributed by atoms with Crippen LogP contribution in [0.3, 0.4) is 0 Å². The van der Waals surface area contributed by atoms with Crippen molar-refractivity contribution in [2.24, 2.45) is 0 Å². The maximum Gasteiger partial charge on any atom is 0.164 e. The molecule has 266 valence electrons. The van der Waals surface area contributed by atoms with Gasteiger partial charge in [0, 0.05) is 32.8 Å². The highest BCUT2D eigenvalue weighted by Crippen LogP contribution is 2.42. The van der Waals surface area contributed by atoms with E-state index in [1.165, 1.54) is 21.9 Å². The molecular formula is C53H33N3O. The molecule has 0 radical (unpaired) electrons. The van der Waals surface area contributed by atoms with Crippen molar-refractivity contribution in [1.29, 1.82) is 0 Å². The fourth-order valence-electron chi connectivity index (χ4n) is 7.98. The third kappa shape index (κ3) is 5.92. The van der Waals surface area contributed by atoms with Crippen LogP contribution in [0.4, 0.5) is 0 Å².